The van der Waals surface area contributed by atoms with Crippen molar-refractivity contribution in [2.24, 2.45) is 0 Å². The van der Waals surface area contributed by atoms with Crippen LogP contribution in [0.5, 0.6) is 11.5 Å². The van der Waals surface area contributed by atoms with Gasteiger partial charge >= 0.3 is 0 Å². The van der Waals surface area contributed by atoms with E-state index in [-0.39, 0.29) is 17.7 Å². The third-order valence-electron chi connectivity index (χ3n) is 5.31. The van der Waals surface area contributed by atoms with Gasteiger partial charge < -0.3 is 10.1 Å². The Bertz CT molecular complexity index is 1360. The van der Waals surface area contributed by atoms with E-state index in [2.05, 4.69) is 31.1 Å². The van der Waals surface area contributed by atoms with Crippen molar-refractivity contribution in [3.05, 3.63) is 93.9 Å². The molecule has 1 N–H and O–H groups in total. The van der Waals surface area contributed by atoms with Crippen molar-refractivity contribution in [2.75, 3.05) is 5.32 Å². The van der Waals surface area contributed by atoms with Crippen LogP contribution in [-0.2, 0) is 16.6 Å². The van der Waals surface area contributed by atoms with E-state index < -0.39 is 0 Å². The number of rotatable bonds is 6. The Morgan fingerprint density at radius 2 is 1.77 bits per heavy atom. The second kappa shape index (κ2) is 10.1. The van der Waals surface area contributed by atoms with Crippen molar-refractivity contribution in [3.63, 3.8) is 0 Å². The van der Waals surface area contributed by atoms with E-state index in [0.717, 1.165) is 22.5 Å². The van der Waals surface area contributed by atoms with Gasteiger partial charge in [-0.3, -0.25) is 4.79 Å². The van der Waals surface area contributed by atoms with Gasteiger partial charge in [-0.1, -0.05) is 67.7 Å². The molecule has 0 fully saturated rings. The lowest BCUT2D eigenvalue weighted by molar-refractivity contribution is -0.115. The smallest absolute Gasteiger partial charge is 0.229 e. The lowest BCUT2D eigenvalue weighted by atomic mass is 9.92. The van der Waals surface area contributed by atoms with Crippen LogP contribution in [0.1, 0.15) is 37.6 Å². The van der Waals surface area contributed by atoms with Crippen LogP contribution in [0.4, 0.5) is 5.82 Å². The molecule has 0 aliphatic carbocycles. The van der Waals surface area contributed by atoms with Crippen molar-refractivity contribution in [1.82, 2.24) is 14.8 Å². The van der Waals surface area contributed by atoms with E-state index in [0.29, 0.717) is 27.5 Å². The fourth-order valence-electron chi connectivity index (χ4n) is 3.40. The summed E-state index contributed by atoms with van der Waals surface area (Å²) in [5.74, 6) is 1.43. The number of carbonyl (C=O) groups excluding carboxylic acids is 1. The quantitative estimate of drug-likeness (QED) is 0.280. The molecule has 0 aliphatic heterocycles. The molecule has 0 bridgehead atoms. The number of amides is 1. The first kappa shape index (κ1) is 24.8. The largest absolute Gasteiger partial charge is 0.456 e. The van der Waals surface area contributed by atoms with E-state index in [1.165, 1.54) is 0 Å². The summed E-state index contributed by atoms with van der Waals surface area (Å²) >= 11 is 12.3. The Labute approximate surface area is 214 Å². The lowest BCUT2D eigenvalue weighted by Crippen LogP contribution is -2.17. The highest BCUT2D eigenvalue weighted by Gasteiger charge is 2.21. The average molecular weight is 509 g/mol. The molecule has 0 saturated heterocycles. The van der Waals surface area contributed by atoms with Gasteiger partial charge in [-0.25, -0.2) is 9.67 Å². The van der Waals surface area contributed by atoms with Crippen molar-refractivity contribution in [3.8, 4) is 17.2 Å². The summed E-state index contributed by atoms with van der Waals surface area (Å²) in [4.78, 5) is 16.9. The number of ether oxygens (including phenoxy) is 1. The Balaban J connectivity index is 1.51. The molecule has 0 saturated carbocycles. The summed E-state index contributed by atoms with van der Waals surface area (Å²) in [6, 6.07) is 18.5. The number of nitrogens with zero attached hydrogens (tertiary/aromatic N) is 3. The van der Waals surface area contributed by atoms with Crippen LogP contribution in [0.25, 0.3) is 5.69 Å². The average Bonchev–Trinajstić information content (AvgIpc) is 3.20. The monoisotopic (exact) mass is 508 g/mol. The summed E-state index contributed by atoms with van der Waals surface area (Å²) in [5, 5.41) is 8.49. The van der Waals surface area contributed by atoms with Gasteiger partial charge in [-0.05, 0) is 42.8 Å². The maximum absolute atomic E-state index is 13.0. The summed E-state index contributed by atoms with van der Waals surface area (Å²) < 4.78 is 7.55. The topological polar surface area (TPSA) is 69.0 Å². The van der Waals surface area contributed by atoms with Crippen LogP contribution in [0.2, 0.25) is 10.2 Å². The second-order valence-electron chi connectivity index (χ2n) is 9.32. The Hall–Kier alpha value is -3.35. The van der Waals surface area contributed by atoms with Crippen LogP contribution in [0, 0.1) is 6.92 Å². The highest BCUT2D eigenvalue weighted by atomic mass is 35.5. The van der Waals surface area contributed by atoms with Crippen LogP contribution < -0.4 is 10.1 Å². The Kier molecular flexibility index (Phi) is 7.15. The minimum Gasteiger partial charge on any atom is -0.456 e. The number of carbonyl (C=O) groups is 1. The molecule has 35 heavy (non-hydrogen) atoms. The van der Waals surface area contributed by atoms with Crippen LogP contribution in [-0.4, -0.2) is 20.7 Å². The second-order valence-corrected chi connectivity index (χ2v) is 10.1. The minimum atomic E-state index is -0.177. The van der Waals surface area contributed by atoms with E-state index in [4.69, 9.17) is 33.0 Å². The van der Waals surface area contributed by atoms with Gasteiger partial charge in [0.1, 0.15) is 22.5 Å². The van der Waals surface area contributed by atoms with Gasteiger partial charge in [-0.15, -0.1) is 0 Å². The molecule has 180 valence electrons. The van der Waals surface area contributed by atoms with Gasteiger partial charge in [0.15, 0.2) is 0 Å². The molecule has 2 aromatic carbocycles. The normalized spacial score (nSPS) is 11.4. The first-order valence-corrected chi connectivity index (χ1v) is 11.9. The molecule has 1 amide bonds. The van der Waals surface area contributed by atoms with Gasteiger partial charge in [-0.2, -0.15) is 5.10 Å². The summed E-state index contributed by atoms with van der Waals surface area (Å²) in [5.41, 5.74) is 3.50. The number of aromatic nitrogens is 3. The van der Waals surface area contributed by atoms with Crippen LogP contribution >= 0.6 is 23.2 Å². The van der Waals surface area contributed by atoms with Gasteiger partial charge in [0.25, 0.3) is 0 Å². The van der Waals surface area contributed by atoms with Crippen molar-refractivity contribution in [1.29, 1.82) is 0 Å². The van der Waals surface area contributed by atoms with Crippen molar-refractivity contribution >= 4 is 34.9 Å². The SMILES string of the molecule is Cc1ccc(-n2nc(C(C)(C)C)cc2NC(=O)Cc2ccc(Oc3ccnc(Cl)c3)c(Cl)c2)cc1. The van der Waals surface area contributed by atoms with Gasteiger partial charge in [0, 0.05) is 23.7 Å². The zero-order valence-corrected chi connectivity index (χ0v) is 21.5. The molecule has 2 heterocycles. The molecule has 0 unspecified atom stereocenters. The number of anilines is 1. The molecule has 4 aromatic rings. The predicted octanol–water partition coefficient (Wildman–Crippen LogP) is 7.15. The molecule has 0 atom stereocenters. The van der Waals surface area contributed by atoms with Crippen LogP contribution in [0.3, 0.4) is 0 Å². The molecule has 0 spiro atoms. The molecule has 6 nitrogen and oxygen atoms in total. The van der Waals surface area contributed by atoms with Gasteiger partial charge in [0.2, 0.25) is 5.91 Å². The highest BCUT2D eigenvalue weighted by Crippen LogP contribution is 2.31. The number of aryl methyl sites for hydroxylation is 1. The van der Waals surface area contributed by atoms with Crippen LogP contribution in [0.15, 0.2) is 66.9 Å². The number of benzene rings is 2. The first-order chi connectivity index (χ1) is 16.6. The fourth-order valence-corrected chi connectivity index (χ4v) is 3.81. The third kappa shape index (κ3) is 6.21. The molecular formula is C27H26Cl2N4O2. The lowest BCUT2D eigenvalue weighted by Gasteiger charge is -2.14. The van der Waals surface area contributed by atoms with Crippen molar-refractivity contribution < 1.29 is 9.53 Å². The maximum atomic E-state index is 13.0. The molecule has 8 heteroatoms. The third-order valence-corrected chi connectivity index (χ3v) is 5.81. The molecule has 0 aliphatic rings. The number of nitrogens with one attached hydrogen (secondary N) is 1. The van der Waals surface area contributed by atoms with E-state index in [1.54, 1.807) is 41.2 Å². The van der Waals surface area contributed by atoms with E-state index >= 15 is 0 Å². The molecule has 4 rings (SSSR count). The minimum absolute atomic E-state index is 0.144. The number of halogens is 2. The zero-order chi connectivity index (χ0) is 25.2. The maximum Gasteiger partial charge on any atom is 0.229 e. The predicted molar refractivity (Wildman–Crippen MR) is 140 cm³/mol. The Morgan fingerprint density at radius 3 is 2.43 bits per heavy atom. The van der Waals surface area contributed by atoms with E-state index in [1.807, 2.05) is 37.3 Å². The van der Waals surface area contributed by atoms with Gasteiger partial charge in [0.05, 0.1) is 22.8 Å². The summed E-state index contributed by atoms with van der Waals surface area (Å²) in [6.07, 6.45) is 1.70. The number of hydrogen-bond donors (Lipinski definition) is 1. The highest BCUT2D eigenvalue weighted by molar-refractivity contribution is 6.32. The summed E-state index contributed by atoms with van der Waals surface area (Å²) in [6.45, 7) is 8.30. The first-order valence-electron chi connectivity index (χ1n) is 11.1. The Morgan fingerprint density at radius 1 is 1.03 bits per heavy atom. The number of hydrogen-bond acceptors (Lipinski definition) is 4. The van der Waals surface area contributed by atoms with E-state index in [9.17, 15) is 4.79 Å². The number of pyridine rings is 1. The summed E-state index contributed by atoms with van der Waals surface area (Å²) in [7, 11) is 0. The molecular weight excluding hydrogens is 483 g/mol. The zero-order valence-electron chi connectivity index (χ0n) is 20.0. The van der Waals surface area contributed by atoms with Crippen molar-refractivity contribution in [2.45, 2.75) is 39.5 Å². The fraction of sp³-hybridized carbons (Fsp3) is 0.222. The molecule has 0 radical (unpaired) electrons. The standard InChI is InChI=1S/C27H26Cl2N4O2/c1-17-5-8-19(9-6-17)33-25(16-23(32-33)27(2,3)4)31-26(34)14-18-7-10-22(21(28)13-18)35-20-11-12-30-24(29)15-20/h5-13,15-16H,14H2,1-4H3,(H,31,34). The molecule has 2 aromatic heterocycles.